The topological polar surface area (TPSA) is 13.1 Å². The fraction of sp³-hybridized carbons (Fsp3) is 0. The Morgan fingerprint density at radius 3 is 1.97 bits per heavy atom. The number of rotatable bonds is 1. The highest BCUT2D eigenvalue weighted by Crippen LogP contribution is 2.41. The molecule has 0 bridgehead atoms. The molecule has 35 heavy (non-hydrogen) atoms. The predicted molar refractivity (Wildman–Crippen MR) is 149 cm³/mol. The quantitative estimate of drug-likeness (QED) is 0.230. The van der Waals surface area contributed by atoms with Crippen LogP contribution in [-0.2, 0) is 0 Å². The highest BCUT2D eigenvalue weighted by atomic mass is 16.3. The molecule has 0 aliphatic rings. The van der Waals surface area contributed by atoms with Crippen molar-refractivity contribution >= 4 is 65.0 Å². The van der Waals surface area contributed by atoms with Crippen molar-refractivity contribution in [2.24, 2.45) is 0 Å². The van der Waals surface area contributed by atoms with Gasteiger partial charge in [-0.05, 0) is 78.5 Å². The highest BCUT2D eigenvalue weighted by molar-refractivity contribution is 6.27. The lowest BCUT2D eigenvalue weighted by atomic mass is 9.89. The molecule has 0 atom stereocenters. The summed E-state index contributed by atoms with van der Waals surface area (Å²) in [6.07, 6.45) is 0. The average Bonchev–Trinajstić information content (AvgIpc) is 3.30. The van der Waals surface area contributed by atoms with Crippen LogP contribution < -0.4 is 0 Å². The van der Waals surface area contributed by atoms with Crippen molar-refractivity contribution < 1.29 is 4.42 Å². The molecule has 8 aromatic rings. The number of hydrogen-bond acceptors (Lipinski definition) is 1. The van der Waals surface area contributed by atoms with Crippen molar-refractivity contribution in [1.82, 2.24) is 0 Å². The molecule has 1 heterocycles. The van der Waals surface area contributed by atoms with Crippen LogP contribution in [0.25, 0.3) is 76.2 Å². The average molecular weight is 445 g/mol. The van der Waals surface area contributed by atoms with Gasteiger partial charge in [-0.1, -0.05) is 97.1 Å². The Bertz CT molecular complexity index is 2110. The molecular weight excluding hydrogens is 424 g/mol. The predicted octanol–water partition coefficient (Wildman–Crippen LogP) is 9.87. The van der Waals surface area contributed by atoms with Crippen LogP contribution in [0.2, 0.25) is 0 Å². The molecule has 0 aliphatic carbocycles. The summed E-state index contributed by atoms with van der Waals surface area (Å²) in [4.78, 5) is 0. The summed E-state index contributed by atoms with van der Waals surface area (Å²) in [7, 11) is 0. The summed E-state index contributed by atoms with van der Waals surface area (Å²) in [5, 5.41) is 12.6. The summed E-state index contributed by atoms with van der Waals surface area (Å²) >= 11 is 0. The molecule has 7 aromatic carbocycles. The van der Waals surface area contributed by atoms with Crippen LogP contribution in [0.5, 0.6) is 0 Å². The van der Waals surface area contributed by atoms with E-state index < -0.39 is 0 Å². The largest absolute Gasteiger partial charge is 0.456 e. The van der Waals surface area contributed by atoms with Crippen LogP contribution in [0.15, 0.2) is 126 Å². The van der Waals surface area contributed by atoms with Gasteiger partial charge in [-0.25, -0.2) is 0 Å². The zero-order valence-electron chi connectivity index (χ0n) is 19.0. The van der Waals surface area contributed by atoms with E-state index in [1.807, 2.05) is 12.1 Å². The second-order valence-corrected chi connectivity index (χ2v) is 9.32. The van der Waals surface area contributed by atoms with Gasteiger partial charge in [0.25, 0.3) is 0 Å². The second-order valence-electron chi connectivity index (χ2n) is 9.32. The molecular formula is C34H20O. The number of para-hydroxylation sites is 1. The molecule has 0 spiro atoms. The summed E-state index contributed by atoms with van der Waals surface area (Å²) < 4.78 is 6.10. The first-order chi connectivity index (χ1) is 17.3. The van der Waals surface area contributed by atoms with Crippen LogP contribution in [0.4, 0.5) is 0 Å². The molecule has 0 N–H and O–H groups in total. The molecule has 0 saturated heterocycles. The third kappa shape index (κ3) is 2.64. The van der Waals surface area contributed by atoms with E-state index >= 15 is 0 Å². The Morgan fingerprint density at radius 2 is 1.06 bits per heavy atom. The molecule has 0 aliphatic heterocycles. The summed E-state index contributed by atoms with van der Waals surface area (Å²) in [6, 6.07) is 43.8. The van der Waals surface area contributed by atoms with Gasteiger partial charge < -0.3 is 4.42 Å². The third-order valence-corrected chi connectivity index (χ3v) is 7.43. The molecule has 8 rings (SSSR count). The number of hydrogen-bond donors (Lipinski definition) is 0. The molecule has 0 fully saturated rings. The van der Waals surface area contributed by atoms with E-state index in [1.165, 1.54) is 54.2 Å². The van der Waals surface area contributed by atoms with Crippen LogP contribution in [0.3, 0.4) is 0 Å². The first-order valence-electron chi connectivity index (χ1n) is 12.0. The van der Waals surface area contributed by atoms with Crippen molar-refractivity contribution in [2.45, 2.75) is 0 Å². The minimum atomic E-state index is 0.928. The molecule has 1 heteroatoms. The normalized spacial score (nSPS) is 12.0. The molecule has 1 aromatic heterocycles. The highest BCUT2D eigenvalue weighted by Gasteiger charge is 2.14. The smallest absolute Gasteiger partial charge is 0.135 e. The van der Waals surface area contributed by atoms with Crippen molar-refractivity contribution in [1.29, 1.82) is 0 Å². The van der Waals surface area contributed by atoms with Gasteiger partial charge in [-0.15, -0.1) is 0 Å². The van der Waals surface area contributed by atoms with E-state index in [0.29, 0.717) is 0 Å². The molecule has 1 nitrogen and oxygen atoms in total. The molecule has 0 amide bonds. The lowest BCUT2D eigenvalue weighted by Crippen LogP contribution is -1.87. The Morgan fingerprint density at radius 1 is 0.371 bits per heavy atom. The summed E-state index contributed by atoms with van der Waals surface area (Å²) in [6.45, 7) is 0. The summed E-state index contributed by atoms with van der Waals surface area (Å²) in [5.41, 5.74) is 4.32. The van der Waals surface area contributed by atoms with Crippen molar-refractivity contribution in [2.75, 3.05) is 0 Å². The van der Waals surface area contributed by atoms with Gasteiger partial charge in [0.05, 0.1) is 0 Å². The van der Waals surface area contributed by atoms with Gasteiger partial charge in [0, 0.05) is 10.8 Å². The molecule has 0 unspecified atom stereocenters. The minimum absolute atomic E-state index is 0.928. The lowest BCUT2D eigenvalue weighted by molar-refractivity contribution is 0.669. The Kier molecular flexibility index (Phi) is 3.72. The van der Waals surface area contributed by atoms with E-state index in [9.17, 15) is 0 Å². The van der Waals surface area contributed by atoms with E-state index in [1.54, 1.807) is 0 Å². The first-order valence-corrected chi connectivity index (χ1v) is 12.0. The van der Waals surface area contributed by atoms with Crippen LogP contribution in [-0.4, -0.2) is 0 Å². The van der Waals surface area contributed by atoms with E-state index in [0.717, 1.165) is 21.9 Å². The van der Waals surface area contributed by atoms with Gasteiger partial charge in [0.15, 0.2) is 0 Å². The van der Waals surface area contributed by atoms with Crippen LogP contribution in [0.1, 0.15) is 0 Å². The van der Waals surface area contributed by atoms with Gasteiger partial charge >= 0.3 is 0 Å². The Labute approximate surface area is 201 Å². The minimum Gasteiger partial charge on any atom is -0.456 e. The maximum absolute atomic E-state index is 6.10. The van der Waals surface area contributed by atoms with E-state index in [-0.39, 0.29) is 0 Å². The number of fused-ring (bicyclic) bond motifs is 10. The Hall–Kier alpha value is -4.62. The monoisotopic (exact) mass is 444 g/mol. The number of benzene rings is 7. The fourth-order valence-corrected chi connectivity index (χ4v) is 5.82. The van der Waals surface area contributed by atoms with Gasteiger partial charge in [0.1, 0.15) is 11.2 Å². The number of furan rings is 1. The van der Waals surface area contributed by atoms with Gasteiger partial charge in [0.2, 0.25) is 0 Å². The van der Waals surface area contributed by atoms with Crippen molar-refractivity contribution in [3.05, 3.63) is 121 Å². The van der Waals surface area contributed by atoms with E-state index in [2.05, 4.69) is 109 Å². The van der Waals surface area contributed by atoms with Crippen LogP contribution in [0, 0.1) is 0 Å². The standard InChI is InChI=1S/C34H20O/c1-3-9-24-21(7-1)13-15-28-26(24)16-17-29-30(19-22-8-2-4-10-25(22)34(28)29)23-14-18-33-31(20-23)27-11-5-6-12-32(27)35-33/h1-20H. The van der Waals surface area contributed by atoms with Gasteiger partial charge in [-0.3, -0.25) is 0 Å². The fourth-order valence-electron chi connectivity index (χ4n) is 5.82. The van der Waals surface area contributed by atoms with E-state index in [4.69, 9.17) is 4.42 Å². The Balaban J connectivity index is 1.52. The zero-order chi connectivity index (χ0) is 22.9. The lowest BCUT2D eigenvalue weighted by Gasteiger charge is -2.15. The first kappa shape index (κ1) is 18.8. The molecule has 0 radical (unpaired) electrons. The maximum Gasteiger partial charge on any atom is 0.135 e. The molecule has 0 saturated carbocycles. The van der Waals surface area contributed by atoms with Crippen LogP contribution >= 0.6 is 0 Å². The van der Waals surface area contributed by atoms with Crippen molar-refractivity contribution in [3.63, 3.8) is 0 Å². The third-order valence-electron chi connectivity index (χ3n) is 7.43. The summed E-state index contributed by atoms with van der Waals surface area (Å²) in [5.74, 6) is 0. The second kappa shape index (κ2) is 6.94. The maximum atomic E-state index is 6.10. The zero-order valence-corrected chi connectivity index (χ0v) is 19.0. The van der Waals surface area contributed by atoms with Crippen molar-refractivity contribution in [3.8, 4) is 11.1 Å². The SMILES string of the molecule is c1ccc2c(c1)ccc1c2ccc2c(-c3ccc4oc5ccccc5c4c3)cc3ccccc3c21. The molecule has 162 valence electrons. The van der Waals surface area contributed by atoms with Gasteiger partial charge in [-0.2, -0.15) is 0 Å².